The van der Waals surface area contributed by atoms with Crippen molar-refractivity contribution in [3.05, 3.63) is 36.5 Å². The molecule has 1 nitrogen and oxygen atoms in total. The molecule has 13 heavy (non-hydrogen) atoms. The maximum atomic E-state index is 11.7. The molecule has 0 atom stereocenters. The first-order valence-electron chi connectivity index (χ1n) is 3.49. The van der Waals surface area contributed by atoms with Gasteiger partial charge in [0.1, 0.15) is 0 Å². The van der Waals surface area contributed by atoms with E-state index in [-0.39, 0.29) is 0 Å². The second-order valence-corrected chi connectivity index (χ2v) is 2.24. The molecule has 0 saturated heterocycles. The van der Waals surface area contributed by atoms with Gasteiger partial charge in [-0.15, -0.1) is 0 Å². The normalized spacial score (nSPS) is 12.6. The average molecular weight is 190 g/mol. The highest BCUT2D eigenvalue weighted by atomic mass is 19.4. The topological polar surface area (TPSA) is 17.1 Å². The zero-order chi connectivity index (χ0) is 10.5. The van der Waals surface area contributed by atoms with Crippen LogP contribution in [0.3, 0.4) is 0 Å². The van der Waals surface area contributed by atoms with E-state index in [4.69, 9.17) is 0 Å². The van der Waals surface area contributed by atoms with Crippen molar-refractivity contribution in [2.45, 2.75) is 13.1 Å². The van der Waals surface area contributed by atoms with Crippen molar-refractivity contribution in [2.24, 2.45) is 0 Å². The third-order valence-electron chi connectivity index (χ3n) is 1.15. The summed E-state index contributed by atoms with van der Waals surface area (Å²) >= 11 is 0. The monoisotopic (exact) mass is 190 g/mol. The minimum absolute atomic E-state index is 0.564. The Hall–Kier alpha value is -1.32. The SMILES string of the molecule is C=C(/C=C\C=C/C)C(=O)C(F)(F)F. The van der Waals surface area contributed by atoms with E-state index in [1.54, 1.807) is 13.0 Å². The van der Waals surface area contributed by atoms with E-state index in [0.717, 1.165) is 6.08 Å². The van der Waals surface area contributed by atoms with Crippen LogP contribution in [0, 0.1) is 0 Å². The largest absolute Gasteiger partial charge is 0.454 e. The lowest BCUT2D eigenvalue weighted by molar-refractivity contribution is -0.166. The smallest absolute Gasteiger partial charge is 0.284 e. The first-order chi connectivity index (χ1) is 5.89. The van der Waals surface area contributed by atoms with Gasteiger partial charge in [-0.25, -0.2) is 0 Å². The molecular weight excluding hydrogens is 181 g/mol. The number of alkyl halides is 3. The predicted molar refractivity (Wildman–Crippen MR) is 44.2 cm³/mol. The van der Waals surface area contributed by atoms with E-state index in [1.807, 2.05) is 0 Å². The average Bonchev–Trinajstić information content (AvgIpc) is 2.01. The van der Waals surface area contributed by atoms with Crippen LogP contribution in [-0.4, -0.2) is 12.0 Å². The van der Waals surface area contributed by atoms with Gasteiger partial charge in [0.15, 0.2) is 0 Å². The molecule has 0 bridgehead atoms. The zero-order valence-corrected chi connectivity index (χ0v) is 7.06. The Morgan fingerprint density at radius 1 is 1.31 bits per heavy atom. The Morgan fingerprint density at radius 3 is 2.23 bits per heavy atom. The van der Waals surface area contributed by atoms with Crippen LogP contribution in [-0.2, 0) is 4.79 Å². The molecule has 0 aromatic heterocycles. The Kier molecular flexibility index (Phi) is 4.17. The lowest BCUT2D eigenvalue weighted by Gasteiger charge is -2.03. The van der Waals surface area contributed by atoms with Crippen molar-refractivity contribution in [3.8, 4) is 0 Å². The van der Waals surface area contributed by atoms with E-state index in [0.29, 0.717) is 0 Å². The van der Waals surface area contributed by atoms with Crippen LogP contribution < -0.4 is 0 Å². The van der Waals surface area contributed by atoms with Gasteiger partial charge in [-0.2, -0.15) is 13.2 Å². The van der Waals surface area contributed by atoms with Crippen LogP contribution in [0.15, 0.2) is 36.5 Å². The molecular formula is C9H9F3O. The molecule has 0 N–H and O–H groups in total. The highest BCUT2D eigenvalue weighted by molar-refractivity contribution is 6.01. The minimum Gasteiger partial charge on any atom is -0.284 e. The zero-order valence-electron chi connectivity index (χ0n) is 7.06. The highest BCUT2D eigenvalue weighted by Gasteiger charge is 2.38. The van der Waals surface area contributed by atoms with E-state index in [1.165, 1.54) is 12.2 Å². The third kappa shape index (κ3) is 4.30. The Balaban J connectivity index is 4.38. The van der Waals surface area contributed by atoms with Crippen LogP contribution in [0.5, 0.6) is 0 Å². The number of carbonyl (C=O) groups is 1. The molecule has 0 aliphatic carbocycles. The fourth-order valence-corrected chi connectivity index (χ4v) is 0.541. The maximum Gasteiger partial charge on any atom is 0.454 e. The van der Waals surface area contributed by atoms with Gasteiger partial charge < -0.3 is 0 Å². The van der Waals surface area contributed by atoms with Gasteiger partial charge in [-0.3, -0.25) is 4.79 Å². The molecule has 4 heteroatoms. The van der Waals surface area contributed by atoms with Crippen molar-refractivity contribution in [3.63, 3.8) is 0 Å². The van der Waals surface area contributed by atoms with Crippen LogP contribution in [0.2, 0.25) is 0 Å². The van der Waals surface area contributed by atoms with E-state index in [9.17, 15) is 18.0 Å². The number of rotatable bonds is 3. The van der Waals surface area contributed by atoms with Gasteiger partial charge in [0.25, 0.3) is 5.78 Å². The quantitative estimate of drug-likeness (QED) is 0.494. The number of carbonyl (C=O) groups excluding carboxylic acids is 1. The summed E-state index contributed by atoms with van der Waals surface area (Å²) in [5.41, 5.74) is -0.564. The summed E-state index contributed by atoms with van der Waals surface area (Å²) in [5.74, 6) is -1.91. The standard InChI is InChI=1S/C9H9F3O/c1-3-4-5-6-7(2)8(13)9(10,11)12/h3-6H,2H2,1H3/b4-3-,6-5-. The van der Waals surface area contributed by atoms with Gasteiger partial charge in [0, 0.05) is 5.57 Å². The number of hydrogen-bond donors (Lipinski definition) is 0. The first kappa shape index (κ1) is 11.7. The van der Waals surface area contributed by atoms with Gasteiger partial charge in [-0.05, 0) is 6.92 Å². The van der Waals surface area contributed by atoms with Crippen LogP contribution in [0.25, 0.3) is 0 Å². The number of hydrogen-bond acceptors (Lipinski definition) is 1. The summed E-state index contributed by atoms with van der Waals surface area (Å²) in [6, 6.07) is 0. The molecule has 0 heterocycles. The Morgan fingerprint density at radius 2 is 1.85 bits per heavy atom. The number of ketones is 1. The van der Waals surface area contributed by atoms with E-state index < -0.39 is 17.5 Å². The molecule has 0 aromatic carbocycles. The molecule has 0 spiro atoms. The number of halogens is 3. The van der Waals surface area contributed by atoms with Gasteiger partial charge in [0.05, 0.1) is 0 Å². The predicted octanol–water partition coefficient (Wildman–Crippen LogP) is 2.81. The molecule has 0 fully saturated rings. The van der Waals surface area contributed by atoms with Crippen LogP contribution in [0.4, 0.5) is 13.2 Å². The second-order valence-electron chi connectivity index (χ2n) is 2.24. The summed E-state index contributed by atoms with van der Waals surface area (Å²) < 4.78 is 35.2. The summed E-state index contributed by atoms with van der Waals surface area (Å²) in [4.78, 5) is 10.5. The van der Waals surface area contributed by atoms with Gasteiger partial charge in [-0.1, -0.05) is 30.9 Å². The molecule has 0 aliphatic heterocycles. The molecule has 72 valence electrons. The van der Waals surface area contributed by atoms with Crippen LogP contribution >= 0.6 is 0 Å². The third-order valence-corrected chi connectivity index (χ3v) is 1.15. The molecule has 0 aromatic rings. The van der Waals surface area contributed by atoms with Crippen molar-refractivity contribution in [2.75, 3.05) is 0 Å². The molecule has 0 amide bonds. The fraction of sp³-hybridized carbons (Fsp3) is 0.222. The lowest BCUT2D eigenvalue weighted by atomic mass is 10.2. The van der Waals surface area contributed by atoms with Gasteiger partial charge in [0.2, 0.25) is 0 Å². The molecule has 0 radical (unpaired) electrons. The summed E-state index contributed by atoms with van der Waals surface area (Å²) in [6.45, 7) is 4.71. The molecule has 0 saturated carbocycles. The maximum absolute atomic E-state index is 11.7. The van der Waals surface area contributed by atoms with Gasteiger partial charge >= 0.3 is 6.18 Å². The van der Waals surface area contributed by atoms with E-state index >= 15 is 0 Å². The number of Topliss-reactive ketones (excluding diaryl/α,β-unsaturated/α-hetero) is 1. The molecule has 0 rings (SSSR count). The second kappa shape index (κ2) is 4.64. The fourth-order valence-electron chi connectivity index (χ4n) is 0.541. The lowest BCUT2D eigenvalue weighted by Crippen LogP contribution is -2.23. The molecule has 0 aliphatic rings. The summed E-state index contributed by atoms with van der Waals surface area (Å²) in [5, 5.41) is 0. The van der Waals surface area contributed by atoms with Crippen molar-refractivity contribution >= 4 is 5.78 Å². The summed E-state index contributed by atoms with van der Waals surface area (Å²) in [7, 11) is 0. The van der Waals surface area contributed by atoms with Crippen molar-refractivity contribution < 1.29 is 18.0 Å². The van der Waals surface area contributed by atoms with Crippen LogP contribution in [0.1, 0.15) is 6.92 Å². The molecule has 0 unspecified atom stereocenters. The summed E-state index contributed by atoms with van der Waals surface area (Å²) in [6.07, 6.45) is 0.649. The van der Waals surface area contributed by atoms with Crippen molar-refractivity contribution in [1.82, 2.24) is 0 Å². The minimum atomic E-state index is -4.84. The highest BCUT2D eigenvalue weighted by Crippen LogP contribution is 2.20. The Bertz CT molecular complexity index is 259. The number of allylic oxidation sites excluding steroid dienone is 5. The van der Waals surface area contributed by atoms with E-state index in [2.05, 4.69) is 6.58 Å². The Labute approximate surface area is 74.2 Å². The first-order valence-corrected chi connectivity index (χ1v) is 3.49. The van der Waals surface area contributed by atoms with Crippen molar-refractivity contribution in [1.29, 1.82) is 0 Å².